The van der Waals surface area contributed by atoms with Crippen molar-refractivity contribution in [3.05, 3.63) is 59.9 Å². The van der Waals surface area contributed by atoms with Crippen molar-refractivity contribution in [3.8, 4) is 22.8 Å². The first-order chi connectivity index (χ1) is 12.5. The molecule has 2 aromatic heterocycles. The van der Waals surface area contributed by atoms with E-state index in [4.69, 9.17) is 0 Å². The fourth-order valence-corrected chi connectivity index (χ4v) is 3.39. The first kappa shape index (κ1) is 16.4. The van der Waals surface area contributed by atoms with E-state index in [0.717, 1.165) is 39.0 Å². The summed E-state index contributed by atoms with van der Waals surface area (Å²) in [5, 5.41) is 21.0. The van der Waals surface area contributed by atoms with Crippen LogP contribution in [0.25, 0.3) is 27.7 Å². The van der Waals surface area contributed by atoms with Crippen LogP contribution >= 0.6 is 0 Å². The molecular formula is C21H22N4O. The van der Waals surface area contributed by atoms with Crippen LogP contribution in [0.2, 0.25) is 0 Å². The maximum Gasteiger partial charge on any atom is 0.199 e. The number of para-hydroxylation sites is 1. The topological polar surface area (TPSA) is 55.9 Å². The Morgan fingerprint density at radius 3 is 2.54 bits per heavy atom. The third kappa shape index (κ3) is 2.47. The molecular weight excluding hydrogens is 324 g/mol. The molecule has 0 aliphatic heterocycles. The maximum atomic E-state index is 10.4. The van der Waals surface area contributed by atoms with Gasteiger partial charge in [0.2, 0.25) is 0 Å². The van der Waals surface area contributed by atoms with E-state index in [1.807, 2.05) is 52.7 Å². The van der Waals surface area contributed by atoms with Gasteiger partial charge in [-0.2, -0.15) is 0 Å². The quantitative estimate of drug-likeness (QED) is 0.580. The molecule has 0 radical (unpaired) electrons. The summed E-state index contributed by atoms with van der Waals surface area (Å²) in [4.78, 5) is 0. The third-order valence-corrected chi connectivity index (χ3v) is 4.88. The van der Waals surface area contributed by atoms with Gasteiger partial charge in [0.15, 0.2) is 5.88 Å². The van der Waals surface area contributed by atoms with Crippen molar-refractivity contribution in [1.82, 2.24) is 19.6 Å². The highest BCUT2D eigenvalue weighted by Crippen LogP contribution is 2.33. The Balaban J connectivity index is 1.83. The Morgan fingerprint density at radius 2 is 1.81 bits per heavy atom. The fraction of sp³-hybridized carbons (Fsp3) is 0.238. The Bertz CT molecular complexity index is 1100. The summed E-state index contributed by atoms with van der Waals surface area (Å²) >= 11 is 0. The highest BCUT2D eigenvalue weighted by atomic mass is 16.3. The van der Waals surface area contributed by atoms with Crippen LogP contribution in [-0.2, 0) is 0 Å². The normalized spacial score (nSPS) is 11.6. The van der Waals surface area contributed by atoms with Crippen LogP contribution in [0.15, 0.2) is 48.7 Å². The van der Waals surface area contributed by atoms with Crippen LogP contribution in [0.1, 0.15) is 31.1 Å². The first-order valence-corrected chi connectivity index (χ1v) is 8.79. The van der Waals surface area contributed by atoms with Crippen molar-refractivity contribution in [3.63, 3.8) is 0 Å². The Hall–Kier alpha value is -3.08. The van der Waals surface area contributed by atoms with Gasteiger partial charge in [-0.15, -0.1) is 5.10 Å². The maximum absolute atomic E-state index is 10.4. The van der Waals surface area contributed by atoms with Crippen LogP contribution in [-0.4, -0.2) is 24.7 Å². The molecule has 0 saturated heterocycles. The molecule has 0 amide bonds. The van der Waals surface area contributed by atoms with Crippen LogP contribution < -0.4 is 0 Å². The van der Waals surface area contributed by atoms with Crippen molar-refractivity contribution in [2.45, 2.75) is 33.7 Å². The summed E-state index contributed by atoms with van der Waals surface area (Å²) < 4.78 is 3.76. The van der Waals surface area contributed by atoms with Crippen LogP contribution in [0.3, 0.4) is 0 Å². The molecule has 2 heterocycles. The summed E-state index contributed by atoms with van der Waals surface area (Å²) in [6.07, 6.45) is 1.99. The SMILES string of the molecule is Cc1ccccc1-n1nnc(-c2ccc3c(O)n(C(C)C)cc3c2)c1C. The minimum atomic E-state index is 0.203. The second-order valence-electron chi connectivity index (χ2n) is 6.98. The molecule has 0 aliphatic rings. The zero-order chi connectivity index (χ0) is 18.4. The standard InChI is InChI=1S/C21H22N4O/c1-13(2)24-12-17-11-16(9-10-18(17)21(24)26)20-15(4)25(23-22-20)19-8-6-5-7-14(19)3/h5-13,26H,1-4H3. The number of aryl methyl sites for hydroxylation is 1. The molecule has 0 atom stereocenters. The van der Waals surface area contributed by atoms with Gasteiger partial charge in [0.1, 0.15) is 5.69 Å². The van der Waals surface area contributed by atoms with Gasteiger partial charge in [-0.1, -0.05) is 29.5 Å². The zero-order valence-electron chi connectivity index (χ0n) is 15.4. The van der Waals surface area contributed by atoms with E-state index in [2.05, 4.69) is 43.2 Å². The van der Waals surface area contributed by atoms with Gasteiger partial charge in [0.25, 0.3) is 0 Å². The number of hydrogen-bond acceptors (Lipinski definition) is 3. The molecule has 0 aliphatic carbocycles. The van der Waals surface area contributed by atoms with Gasteiger partial charge in [0.05, 0.1) is 11.4 Å². The lowest BCUT2D eigenvalue weighted by atomic mass is 10.1. The van der Waals surface area contributed by atoms with Gasteiger partial charge in [-0.05, 0) is 51.5 Å². The summed E-state index contributed by atoms with van der Waals surface area (Å²) in [6, 6.07) is 14.3. The highest BCUT2D eigenvalue weighted by molar-refractivity contribution is 5.91. The van der Waals surface area contributed by atoms with Crippen molar-refractivity contribution in [2.24, 2.45) is 0 Å². The van der Waals surface area contributed by atoms with Crippen LogP contribution in [0.4, 0.5) is 0 Å². The molecule has 5 nitrogen and oxygen atoms in total. The second-order valence-corrected chi connectivity index (χ2v) is 6.98. The Kier molecular flexibility index (Phi) is 3.80. The number of benzene rings is 2. The highest BCUT2D eigenvalue weighted by Gasteiger charge is 2.16. The molecule has 4 rings (SSSR count). The predicted molar refractivity (Wildman–Crippen MR) is 104 cm³/mol. The van der Waals surface area contributed by atoms with E-state index in [9.17, 15) is 5.11 Å². The number of hydrogen-bond donors (Lipinski definition) is 1. The molecule has 4 aromatic rings. The Morgan fingerprint density at radius 1 is 1.04 bits per heavy atom. The molecule has 1 N–H and O–H groups in total. The zero-order valence-corrected chi connectivity index (χ0v) is 15.4. The van der Waals surface area contributed by atoms with Crippen molar-refractivity contribution in [1.29, 1.82) is 0 Å². The van der Waals surface area contributed by atoms with E-state index in [1.165, 1.54) is 0 Å². The minimum absolute atomic E-state index is 0.203. The molecule has 0 saturated carbocycles. The average molecular weight is 346 g/mol. The van der Waals surface area contributed by atoms with Crippen molar-refractivity contribution < 1.29 is 5.11 Å². The first-order valence-electron chi connectivity index (χ1n) is 8.79. The molecule has 26 heavy (non-hydrogen) atoms. The molecule has 0 unspecified atom stereocenters. The largest absolute Gasteiger partial charge is 0.494 e. The summed E-state index contributed by atoms with van der Waals surface area (Å²) in [7, 11) is 0. The van der Waals surface area contributed by atoms with E-state index in [0.29, 0.717) is 5.88 Å². The number of fused-ring (bicyclic) bond motifs is 1. The lowest BCUT2D eigenvalue weighted by molar-refractivity contribution is 0.405. The van der Waals surface area contributed by atoms with Crippen molar-refractivity contribution in [2.75, 3.05) is 0 Å². The van der Waals surface area contributed by atoms with Gasteiger partial charge >= 0.3 is 0 Å². The summed E-state index contributed by atoms with van der Waals surface area (Å²) in [5.41, 5.74) is 5.03. The average Bonchev–Trinajstić information content (AvgIpc) is 3.16. The van der Waals surface area contributed by atoms with E-state index >= 15 is 0 Å². The predicted octanol–water partition coefficient (Wildman–Crippen LogP) is 4.79. The van der Waals surface area contributed by atoms with Gasteiger partial charge in [-0.25, -0.2) is 4.68 Å². The van der Waals surface area contributed by atoms with Crippen LogP contribution in [0, 0.1) is 13.8 Å². The second kappa shape index (κ2) is 6.02. The third-order valence-electron chi connectivity index (χ3n) is 4.88. The summed E-state index contributed by atoms with van der Waals surface area (Å²) in [5.74, 6) is 0.307. The van der Waals surface area contributed by atoms with Gasteiger partial charge < -0.3 is 9.67 Å². The van der Waals surface area contributed by atoms with Crippen molar-refractivity contribution >= 4 is 10.8 Å². The van der Waals surface area contributed by atoms with E-state index in [1.54, 1.807) is 0 Å². The number of aromatic hydroxyl groups is 1. The Labute approximate surface area is 152 Å². The van der Waals surface area contributed by atoms with Gasteiger partial charge in [0, 0.05) is 28.6 Å². The lowest BCUT2D eigenvalue weighted by Gasteiger charge is -2.07. The minimum Gasteiger partial charge on any atom is -0.494 e. The van der Waals surface area contributed by atoms with Crippen LogP contribution in [0.5, 0.6) is 5.88 Å². The van der Waals surface area contributed by atoms with E-state index in [-0.39, 0.29) is 6.04 Å². The molecule has 0 bridgehead atoms. The summed E-state index contributed by atoms with van der Waals surface area (Å²) in [6.45, 7) is 8.21. The molecule has 0 fully saturated rings. The molecule has 0 spiro atoms. The fourth-order valence-electron chi connectivity index (χ4n) is 3.39. The molecule has 5 heteroatoms. The monoisotopic (exact) mass is 346 g/mol. The number of nitrogens with zero attached hydrogens (tertiary/aromatic N) is 4. The smallest absolute Gasteiger partial charge is 0.199 e. The number of rotatable bonds is 3. The molecule has 132 valence electrons. The van der Waals surface area contributed by atoms with Gasteiger partial charge in [-0.3, -0.25) is 0 Å². The molecule has 2 aromatic carbocycles. The lowest BCUT2D eigenvalue weighted by Crippen LogP contribution is -2.01. The van der Waals surface area contributed by atoms with E-state index < -0.39 is 0 Å². The number of aromatic nitrogens is 4.